The van der Waals surface area contributed by atoms with E-state index in [1.165, 1.54) is 48.8 Å². The first kappa shape index (κ1) is 33.8. The molecule has 7 aromatic carbocycles. The first-order chi connectivity index (χ1) is 25.8. The number of aryl methyl sites for hydroxylation is 1. The molecule has 0 saturated carbocycles. The van der Waals surface area contributed by atoms with Gasteiger partial charge in [0.15, 0.2) is 0 Å². The van der Waals surface area contributed by atoms with Crippen LogP contribution in [0.15, 0.2) is 168 Å². The lowest BCUT2D eigenvalue weighted by Gasteiger charge is -2.12. The Morgan fingerprint density at radius 2 is 0.943 bits per heavy atom. The summed E-state index contributed by atoms with van der Waals surface area (Å²) < 4.78 is 0. The maximum Gasteiger partial charge on any atom is 0.0981 e. The van der Waals surface area contributed by atoms with Gasteiger partial charge in [-0.15, -0.1) is 0 Å². The molecular formula is C48H42N4Si. The standard InChI is InChI=1S/C33H22N2.C15H20N2Si/c1-5-13-27-22(9-1)19-23-10-2-6-14-28(23)32(27)31-18-17-26(35-31)21-34-33-29-15-7-3-11-24(29)20-25-12-4-8-16-30(25)33;1-12-7-5-6-8-14(12)16-11-13-9-10-15(17-13)18(2,3)4/h1-21,35H;5-11,17H,1-4H3. The van der Waals surface area contributed by atoms with Gasteiger partial charge in [-0.2, -0.15) is 0 Å². The fourth-order valence-electron chi connectivity index (χ4n) is 6.97. The number of aliphatic imine (C=N–C) groups is 2. The lowest BCUT2D eigenvalue weighted by atomic mass is 9.95. The number of aromatic nitrogens is 2. The van der Waals surface area contributed by atoms with Crippen LogP contribution in [-0.4, -0.2) is 30.5 Å². The summed E-state index contributed by atoms with van der Waals surface area (Å²) in [6.45, 7) is 9.08. The zero-order chi connectivity index (χ0) is 36.4. The number of hydrogen-bond acceptors (Lipinski definition) is 2. The maximum absolute atomic E-state index is 5.01. The van der Waals surface area contributed by atoms with Gasteiger partial charge in [0.1, 0.15) is 0 Å². The normalized spacial score (nSPS) is 12.0. The van der Waals surface area contributed by atoms with E-state index in [0.29, 0.717) is 0 Å². The number of para-hydroxylation sites is 1. The van der Waals surface area contributed by atoms with E-state index in [1.807, 2.05) is 30.6 Å². The SMILES string of the molecule is C(=Nc1c2ccccc2cc2ccccc12)c1ccc(-c2c3ccccc3cc3ccccc23)[nH]1.Cc1ccccc1N=Cc1ccc([Si](C)(C)C)[nH]1. The zero-order valence-corrected chi connectivity index (χ0v) is 31.6. The molecule has 0 radical (unpaired) electrons. The van der Waals surface area contributed by atoms with Crippen molar-refractivity contribution in [3.05, 3.63) is 175 Å². The molecule has 0 atom stereocenters. The van der Waals surface area contributed by atoms with E-state index in [-0.39, 0.29) is 0 Å². The third kappa shape index (κ3) is 7.12. The number of hydrogen-bond donors (Lipinski definition) is 2. The van der Waals surface area contributed by atoms with E-state index in [0.717, 1.165) is 39.2 Å². The van der Waals surface area contributed by atoms with Crippen molar-refractivity contribution in [2.75, 3.05) is 0 Å². The van der Waals surface area contributed by atoms with Crippen LogP contribution in [0.5, 0.6) is 0 Å². The molecule has 0 aliphatic heterocycles. The van der Waals surface area contributed by atoms with Gasteiger partial charge in [-0.3, -0.25) is 9.98 Å². The zero-order valence-electron chi connectivity index (χ0n) is 30.6. The minimum atomic E-state index is -1.25. The van der Waals surface area contributed by atoms with Crippen LogP contribution in [0.4, 0.5) is 11.4 Å². The van der Waals surface area contributed by atoms with Gasteiger partial charge in [0.2, 0.25) is 0 Å². The molecule has 0 fully saturated rings. The van der Waals surface area contributed by atoms with Gasteiger partial charge >= 0.3 is 0 Å². The van der Waals surface area contributed by atoms with E-state index in [4.69, 9.17) is 4.99 Å². The summed E-state index contributed by atoms with van der Waals surface area (Å²) in [5, 5.41) is 11.1. The molecule has 5 heteroatoms. The Morgan fingerprint density at radius 1 is 0.472 bits per heavy atom. The topological polar surface area (TPSA) is 56.3 Å². The molecule has 2 heterocycles. The van der Waals surface area contributed by atoms with E-state index < -0.39 is 8.07 Å². The molecule has 0 unspecified atom stereocenters. The van der Waals surface area contributed by atoms with Gasteiger partial charge in [-0.1, -0.05) is 135 Å². The van der Waals surface area contributed by atoms with Crippen molar-refractivity contribution in [2.24, 2.45) is 9.98 Å². The monoisotopic (exact) mass is 702 g/mol. The average molecular weight is 703 g/mol. The van der Waals surface area contributed by atoms with E-state index >= 15 is 0 Å². The highest BCUT2D eigenvalue weighted by atomic mass is 28.3. The molecule has 4 nitrogen and oxygen atoms in total. The smallest absolute Gasteiger partial charge is 0.0981 e. The average Bonchev–Trinajstić information content (AvgIpc) is 3.86. The number of rotatable bonds is 6. The summed E-state index contributed by atoms with van der Waals surface area (Å²) in [5.74, 6) is 0. The Morgan fingerprint density at radius 3 is 1.51 bits per heavy atom. The quantitative estimate of drug-likeness (QED) is 0.0985. The fraction of sp³-hybridized carbons (Fsp3) is 0.0833. The van der Waals surface area contributed by atoms with Crippen molar-refractivity contribution in [3.8, 4) is 11.3 Å². The second-order valence-electron chi connectivity index (χ2n) is 14.6. The Kier molecular flexibility index (Phi) is 9.17. The van der Waals surface area contributed by atoms with Crippen LogP contribution in [0, 0.1) is 6.92 Å². The number of benzene rings is 7. The van der Waals surface area contributed by atoms with Crippen molar-refractivity contribution in [2.45, 2.75) is 26.6 Å². The molecule has 0 amide bonds. The summed E-state index contributed by atoms with van der Waals surface area (Å²) in [5.41, 5.74) is 7.62. The van der Waals surface area contributed by atoms with Gasteiger partial charge in [-0.25, -0.2) is 0 Å². The van der Waals surface area contributed by atoms with Crippen molar-refractivity contribution in [1.82, 2.24) is 9.97 Å². The number of nitrogens with one attached hydrogen (secondary N) is 2. The molecule has 53 heavy (non-hydrogen) atoms. The molecule has 0 aliphatic rings. The third-order valence-corrected chi connectivity index (χ3v) is 11.7. The number of aromatic amines is 2. The van der Waals surface area contributed by atoms with Crippen LogP contribution in [0.2, 0.25) is 19.6 Å². The van der Waals surface area contributed by atoms with Crippen LogP contribution in [0.3, 0.4) is 0 Å². The van der Waals surface area contributed by atoms with E-state index in [1.54, 1.807) is 0 Å². The van der Waals surface area contributed by atoms with Crippen LogP contribution in [-0.2, 0) is 0 Å². The molecule has 9 aromatic rings. The lowest BCUT2D eigenvalue weighted by Crippen LogP contribution is -2.38. The molecule has 0 aliphatic carbocycles. The molecule has 0 spiro atoms. The summed E-state index contributed by atoms with van der Waals surface area (Å²) in [6, 6.07) is 55.3. The van der Waals surface area contributed by atoms with Crippen molar-refractivity contribution >= 4 is 80.3 Å². The summed E-state index contributed by atoms with van der Waals surface area (Å²) in [6.07, 6.45) is 3.86. The summed E-state index contributed by atoms with van der Waals surface area (Å²) in [4.78, 5) is 16.6. The molecule has 0 bridgehead atoms. The second kappa shape index (κ2) is 14.4. The highest BCUT2D eigenvalue weighted by Gasteiger charge is 2.17. The summed E-state index contributed by atoms with van der Waals surface area (Å²) >= 11 is 0. The van der Waals surface area contributed by atoms with Gasteiger partial charge in [0, 0.05) is 22.0 Å². The fourth-order valence-corrected chi connectivity index (χ4v) is 8.07. The lowest BCUT2D eigenvalue weighted by molar-refractivity contribution is 1.37. The molecule has 0 saturated heterocycles. The second-order valence-corrected chi connectivity index (χ2v) is 19.6. The number of nitrogens with zero attached hydrogens (tertiary/aromatic N) is 2. The van der Waals surface area contributed by atoms with E-state index in [9.17, 15) is 0 Å². The number of H-pyrrole nitrogens is 2. The summed E-state index contributed by atoms with van der Waals surface area (Å²) in [7, 11) is -1.25. The minimum absolute atomic E-state index is 0.981. The Bertz CT molecular complexity index is 2690. The van der Waals surface area contributed by atoms with Gasteiger partial charge in [0.05, 0.1) is 43.3 Å². The minimum Gasteiger partial charge on any atom is -0.362 e. The molecule has 2 aromatic heterocycles. The van der Waals surface area contributed by atoms with Crippen LogP contribution >= 0.6 is 0 Å². The maximum atomic E-state index is 5.01. The van der Waals surface area contributed by atoms with Crippen molar-refractivity contribution in [3.63, 3.8) is 0 Å². The highest BCUT2D eigenvalue weighted by molar-refractivity contribution is 6.88. The largest absolute Gasteiger partial charge is 0.362 e. The van der Waals surface area contributed by atoms with Gasteiger partial charge in [-0.05, 0) is 92.6 Å². The Balaban J connectivity index is 0.000000188. The van der Waals surface area contributed by atoms with E-state index in [2.05, 4.69) is 181 Å². The van der Waals surface area contributed by atoms with Crippen LogP contribution in [0.1, 0.15) is 17.0 Å². The predicted octanol–water partition coefficient (Wildman–Crippen LogP) is 12.7. The van der Waals surface area contributed by atoms with Gasteiger partial charge in [0.25, 0.3) is 0 Å². The van der Waals surface area contributed by atoms with Crippen LogP contribution < -0.4 is 5.32 Å². The van der Waals surface area contributed by atoms with Crippen LogP contribution in [0.25, 0.3) is 54.3 Å². The molecule has 2 N–H and O–H groups in total. The molecule has 9 rings (SSSR count). The first-order valence-electron chi connectivity index (χ1n) is 18.2. The highest BCUT2D eigenvalue weighted by Crippen LogP contribution is 2.37. The molecular weight excluding hydrogens is 661 g/mol. The van der Waals surface area contributed by atoms with Crippen molar-refractivity contribution < 1.29 is 0 Å². The Labute approximate surface area is 311 Å². The Hall–Kier alpha value is -6.30. The molecule has 258 valence electrons. The van der Waals surface area contributed by atoms with Gasteiger partial charge < -0.3 is 9.97 Å². The van der Waals surface area contributed by atoms with Crippen molar-refractivity contribution in [1.29, 1.82) is 0 Å². The number of fused-ring (bicyclic) bond motifs is 4. The predicted molar refractivity (Wildman–Crippen MR) is 232 cm³/mol. The first-order valence-corrected chi connectivity index (χ1v) is 21.7. The third-order valence-electron chi connectivity index (χ3n) is 9.80.